The molecule has 0 aliphatic heterocycles. The van der Waals surface area contributed by atoms with E-state index in [4.69, 9.17) is 9.47 Å². The number of nitrogens with one attached hydrogen (secondary N) is 1. The second-order valence-corrected chi connectivity index (χ2v) is 5.50. The summed E-state index contributed by atoms with van der Waals surface area (Å²) in [7, 11) is 3.05. The molecule has 1 saturated carbocycles. The minimum Gasteiger partial charge on any atom is -0.379 e. The average molecular weight is 295 g/mol. The number of hydrogen-bond donors (Lipinski definition) is 1. The first-order valence-electron chi connectivity index (χ1n) is 7.17. The normalized spacial score (nSPS) is 24.6. The zero-order valence-electron chi connectivity index (χ0n) is 12.7. The highest BCUT2D eigenvalue weighted by atomic mass is 19.1. The summed E-state index contributed by atoms with van der Waals surface area (Å²) in [6.45, 7) is 1.58. The molecule has 0 spiro atoms. The first-order chi connectivity index (χ1) is 10.0. The van der Waals surface area contributed by atoms with Crippen LogP contribution in [0.1, 0.15) is 31.7 Å². The number of carbonyl (C=O) groups excluding carboxylic acids is 1. The standard InChI is InChI=1S/C16H22FNO3/c1-16(21-3,11-7-4-5-8-12(11)17)15(19)18-13-9-6-10-14(13)20-2/h4-5,7-8,13-14H,6,9-10H2,1-3H3,(H,18,19)/t13-,14-,16+/m1/s1. The molecule has 0 saturated heterocycles. The molecule has 1 N–H and O–H groups in total. The third-order valence-electron chi connectivity index (χ3n) is 4.30. The zero-order valence-corrected chi connectivity index (χ0v) is 12.7. The van der Waals surface area contributed by atoms with Crippen molar-refractivity contribution in [3.05, 3.63) is 35.6 Å². The van der Waals surface area contributed by atoms with Crippen LogP contribution in [0.4, 0.5) is 4.39 Å². The Bertz CT molecular complexity index is 508. The molecule has 1 aliphatic carbocycles. The molecule has 0 unspecified atom stereocenters. The summed E-state index contributed by atoms with van der Waals surface area (Å²) in [5, 5.41) is 2.94. The van der Waals surface area contributed by atoms with Gasteiger partial charge in [-0.25, -0.2) is 4.39 Å². The van der Waals surface area contributed by atoms with Gasteiger partial charge in [0, 0.05) is 19.8 Å². The summed E-state index contributed by atoms with van der Waals surface area (Å²) in [6, 6.07) is 6.12. The van der Waals surface area contributed by atoms with Crippen molar-refractivity contribution in [1.29, 1.82) is 0 Å². The van der Waals surface area contributed by atoms with Crippen molar-refractivity contribution in [2.75, 3.05) is 14.2 Å². The summed E-state index contributed by atoms with van der Waals surface area (Å²) in [5.74, 6) is -0.796. The van der Waals surface area contributed by atoms with Crippen LogP contribution in [-0.4, -0.2) is 32.3 Å². The van der Waals surface area contributed by atoms with Gasteiger partial charge in [0.25, 0.3) is 5.91 Å². The third kappa shape index (κ3) is 3.09. The molecule has 0 aromatic heterocycles. The Hall–Kier alpha value is -1.46. The number of halogens is 1. The van der Waals surface area contributed by atoms with Crippen molar-refractivity contribution in [2.45, 2.75) is 43.9 Å². The van der Waals surface area contributed by atoms with Crippen LogP contribution in [0, 0.1) is 5.82 Å². The monoisotopic (exact) mass is 295 g/mol. The second kappa shape index (κ2) is 6.54. The summed E-state index contributed by atoms with van der Waals surface area (Å²) >= 11 is 0. The molecule has 0 heterocycles. The fraction of sp³-hybridized carbons (Fsp3) is 0.562. The Kier molecular flexibility index (Phi) is 4.96. The van der Waals surface area contributed by atoms with Crippen molar-refractivity contribution >= 4 is 5.91 Å². The average Bonchev–Trinajstić information content (AvgIpc) is 2.94. The molecule has 0 radical (unpaired) electrons. The number of methoxy groups -OCH3 is 2. The minimum atomic E-state index is -1.35. The van der Waals surface area contributed by atoms with Gasteiger partial charge in [0.2, 0.25) is 0 Å². The van der Waals surface area contributed by atoms with Crippen LogP contribution in [0.15, 0.2) is 24.3 Å². The maximum Gasteiger partial charge on any atom is 0.257 e. The molecule has 21 heavy (non-hydrogen) atoms. The fourth-order valence-electron chi connectivity index (χ4n) is 2.85. The number of benzene rings is 1. The van der Waals surface area contributed by atoms with E-state index in [1.165, 1.54) is 13.2 Å². The van der Waals surface area contributed by atoms with E-state index in [0.717, 1.165) is 19.3 Å². The number of rotatable bonds is 5. The Labute approximate surface area is 124 Å². The Morgan fingerprint density at radius 1 is 1.33 bits per heavy atom. The van der Waals surface area contributed by atoms with Crippen LogP contribution < -0.4 is 5.32 Å². The number of hydrogen-bond acceptors (Lipinski definition) is 3. The van der Waals surface area contributed by atoms with E-state index >= 15 is 0 Å². The van der Waals surface area contributed by atoms with E-state index in [1.54, 1.807) is 32.2 Å². The van der Waals surface area contributed by atoms with Gasteiger partial charge in [-0.3, -0.25) is 4.79 Å². The molecule has 5 heteroatoms. The highest BCUT2D eigenvalue weighted by Crippen LogP contribution is 2.29. The van der Waals surface area contributed by atoms with Gasteiger partial charge in [0.1, 0.15) is 5.82 Å². The molecular formula is C16H22FNO3. The lowest BCUT2D eigenvalue weighted by atomic mass is 9.93. The van der Waals surface area contributed by atoms with Gasteiger partial charge in [-0.15, -0.1) is 0 Å². The van der Waals surface area contributed by atoms with E-state index in [0.29, 0.717) is 0 Å². The molecule has 1 aromatic rings. The number of amides is 1. The van der Waals surface area contributed by atoms with Crippen LogP contribution >= 0.6 is 0 Å². The first kappa shape index (κ1) is 15.9. The van der Waals surface area contributed by atoms with Gasteiger partial charge >= 0.3 is 0 Å². The van der Waals surface area contributed by atoms with Crippen LogP contribution in [0.2, 0.25) is 0 Å². The van der Waals surface area contributed by atoms with Crippen molar-refractivity contribution in [1.82, 2.24) is 5.32 Å². The number of ether oxygens (including phenoxy) is 2. The highest BCUT2D eigenvalue weighted by molar-refractivity contribution is 5.86. The van der Waals surface area contributed by atoms with Gasteiger partial charge in [-0.2, -0.15) is 0 Å². The van der Waals surface area contributed by atoms with Crippen molar-refractivity contribution < 1.29 is 18.7 Å². The van der Waals surface area contributed by atoms with Gasteiger partial charge in [0.05, 0.1) is 12.1 Å². The molecular weight excluding hydrogens is 273 g/mol. The van der Waals surface area contributed by atoms with Gasteiger partial charge in [0.15, 0.2) is 5.60 Å². The first-order valence-corrected chi connectivity index (χ1v) is 7.17. The largest absolute Gasteiger partial charge is 0.379 e. The zero-order chi connectivity index (χ0) is 15.5. The smallest absolute Gasteiger partial charge is 0.257 e. The predicted molar refractivity (Wildman–Crippen MR) is 77.3 cm³/mol. The van der Waals surface area contributed by atoms with Gasteiger partial charge in [-0.05, 0) is 32.3 Å². The molecule has 3 atom stereocenters. The fourth-order valence-corrected chi connectivity index (χ4v) is 2.85. The number of carbonyl (C=O) groups is 1. The Balaban J connectivity index is 2.20. The molecule has 1 amide bonds. The second-order valence-electron chi connectivity index (χ2n) is 5.50. The maximum absolute atomic E-state index is 14.0. The lowest BCUT2D eigenvalue weighted by Crippen LogP contribution is -2.50. The van der Waals surface area contributed by atoms with Crippen molar-refractivity contribution in [3.8, 4) is 0 Å². The van der Waals surface area contributed by atoms with Gasteiger partial charge < -0.3 is 14.8 Å². The highest BCUT2D eigenvalue weighted by Gasteiger charge is 2.40. The summed E-state index contributed by atoms with van der Waals surface area (Å²) in [6.07, 6.45) is 2.80. The molecule has 1 aromatic carbocycles. The topological polar surface area (TPSA) is 47.6 Å². The summed E-state index contributed by atoms with van der Waals surface area (Å²) in [5.41, 5.74) is -1.12. The van der Waals surface area contributed by atoms with E-state index in [9.17, 15) is 9.18 Å². The molecule has 0 bridgehead atoms. The van der Waals surface area contributed by atoms with E-state index < -0.39 is 11.4 Å². The van der Waals surface area contributed by atoms with Crippen LogP contribution in [0.5, 0.6) is 0 Å². The lowest BCUT2D eigenvalue weighted by Gasteiger charge is -2.30. The van der Waals surface area contributed by atoms with Crippen LogP contribution in [0.3, 0.4) is 0 Å². The summed E-state index contributed by atoms with van der Waals surface area (Å²) in [4.78, 5) is 12.6. The lowest BCUT2D eigenvalue weighted by molar-refractivity contribution is -0.144. The molecule has 1 aliphatic rings. The molecule has 2 rings (SSSR count). The SMILES string of the molecule is CO[C@@H]1CCC[C@H]1NC(=O)[C@@](C)(OC)c1ccccc1F. The van der Waals surface area contributed by atoms with E-state index in [1.807, 2.05) is 0 Å². The molecule has 116 valence electrons. The van der Waals surface area contributed by atoms with E-state index in [2.05, 4.69) is 5.32 Å². The third-order valence-corrected chi connectivity index (χ3v) is 4.30. The quantitative estimate of drug-likeness (QED) is 0.907. The molecule has 1 fully saturated rings. The van der Waals surface area contributed by atoms with Crippen LogP contribution in [-0.2, 0) is 19.9 Å². The van der Waals surface area contributed by atoms with Crippen molar-refractivity contribution in [2.24, 2.45) is 0 Å². The van der Waals surface area contributed by atoms with Crippen LogP contribution in [0.25, 0.3) is 0 Å². The molecule has 4 nitrogen and oxygen atoms in total. The van der Waals surface area contributed by atoms with Crippen molar-refractivity contribution in [3.63, 3.8) is 0 Å². The maximum atomic E-state index is 14.0. The predicted octanol–water partition coefficient (Wildman–Crippen LogP) is 2.37. The van der Waals surface area contributed by atoms with Gasteiger partial charge in [-0.1, -0.05) is 18.2 Å². The Morgan fingerprint density at radius 3 is 2.67 bits per heavy atom. The van der Waals surface area contributed by atoms with E-state index in [-0.39, 0.29) is 23.6 Å². The summed E-state index contributed by atoms with van der Waals surface area (Å²) < 4.78 is 24.7. The minimum absolute atomic E-state index is 0.00989. The Morgan fingerprint density at radius 2 is 2.05 bits per heavy atom.